The van der Waals surface area contributed by atoms with Gasteiger partial charge in [0.2, 0.25) is 5.89 Å². The zero-order chi connectivity index (χ0) is 12.1. The molecule has 0 bridgehead atoms. The molecule has 1 heterocycles. The summed E-state index contributed by atoms with van der Waals surface area (Å²) in [6.45, 7) is 1.05. The second-order valence-electron chi connectivity index (χ2n) is 3.50. The van der Waals surface area contributed by atoms with E-state index >= 15 is 0 Å². The van der Waals surface area contributed by atoms with E-state index in [0.717, 1.165) is 0 Å². The van der Waals surface area contributed by atoms with Gasteiger partial charge in [-0.3, -0.25) is 0 Å². The number of benzene rings is 1. The molecule has 0 amide bonds. The van der Waals surface area contributed by atoms with Crippen molar-refractivity contribution in [1.29, 1.82) is 0 Å². The molecule has 4 nitrogen and oxygen atoms in total. The zero-order valence-electron chi connectivity index (χ0n) is 8.99. The van der Waals surface area contributed by atoms with Crippen LogP contribution >= 0.6 is 11.6 Å². The first-order chi connectivity index (χ1) is 8.25. The van der Waals surface area contributed by atoms with Crippen LogP contribution in [-0.4, -0.2) is 16.7 Å². The summed E-state index contributed by atoms with van der Waals surface area (Å²) in [6.07, 6.45) is 1.97. The predicted octanol–water partition coefficient (Wildman–Crippen LogP) is 2.19. The Hall–Kier alpha value is -1.46. The molecule has 1 N–H and O–H groups in total. The van der Waals surface area contributed by atoms with Crippen molar-refractivity contribution < 1.29 is 8.91 Å². The van der Waals surface area contributed by atoms with Gasteiger partial charge in [-0.1, -0.05) is 16.8 Å². The highest BCUT2D eigenvalue weighted by Gasteiger charge is 2.03. The van der Waals surface area contributed by atoms with Gasteiger partial charge in [0.05, 0.1) is 0 Å². The molecule has 0 fully saturated rings. The lowest BCUT2D eigenvalue weighted by molar-refractivity contribution is 0.374. The average molecular weight is 256 g/mol. The van der Waals surface area contributed by atoms with Gasteiger partial charge in [-0.2, -0.15) is 4.98 Å². The fourth-order valence-corrected chi connectivity index (χ4v) is 1.60. The second kappa shape index (κ2) is 5.75. The predicted molar refractivity (Wildman–Crippen MR) is 61.1 cm³/mol. The molecule has 0 aliphatic heterocycles. The van der Waals surface area contributed by atoms with Crippen LogP contribution in [0, 0.1) is 5.82 Å². The van der Waals surface area contributed by atoms with Gasteiger partial charge in [-0.25, -0.2) is 4.39 Å². The smallest absolute Gasteiger partial charge is 0.227 e. The third-order valence-electron chi connectivity index (χ3n) is 2.25. The number of hydrogen-bond acceptors (Lipinski definition) is 4. The molecular formula is C11H11ClFN3O. The monoisotopic (exact) mass is 255 g/mol. The highest BCUT2D eigenvalue weighted by atomic mass is 35.5. The minimum Gasteiger partial charge on any atom is -0.340 e. The van der Waals surface area contributed by atoms with Crippen molar-refractivity contribution in [3.05, 3.63) is 46.8 Å². The number of nitrogens with one attached hydrogen (secondary N) is 1. The normalized spacial score (nSPS) is 10.7. The molecule has 0 saturated heterocycles. The van der Waals surface area contributed by atoms with Gasteiger partial charge in [-0.05, 0) is 18.2 Å². The second-order valence-corrected chi connectivity index (χ2v) is 3.93. The van der Waals surface area contributed by atoms with Gasteiger partial charge < -0.3 is 9.84 Å². The molecule has 2 aromatic rings. The Labute approximate surface area is 103 Å². The summed E-state index contributed by atoms with van der Waals surface area (Å²) in [4.78, 5) is 3.88. The molecule has 0 spiro atoms. The molecule has 17 heavy (non-hydrogen) atoms. The van der Waals surface area contributed by atoms with Gasteiger partial charge in [0, 0.05) is 30.1 Å². The lowest BCUT2D eigenvalue weighted by Crippen LogP contribution is -2.17. The van der Waals surface area contributed by atoms with E-state index in [4.69, 9.17) is 16.1 Å². The highest BCUT2D eigenvalue weighted by Crippen LogP contribution is 2.14. The van der Waals surface area contributed by atoms with Crippen LogP contribution < -0.4 is 5.32 Å². The number of nitrogens with zero attached hydrogens (tertiary/aromatic N) is 2. The molecule has 1 aromatic carbocycles. The summed E-state index contributed by atoms with van der Waals surface area (Å²) in [7, 11) is 0. The summed E-state index contributed by atoms with van der Waals surface area (Å²) in [6, 6.07) is 4.49. The maximum Gasteiger partial charge on any atom is 0.227 e. The van der Waals surface area contributed by atoms with Crippen molar-refractivity contribution in [2.45, 2.75) is 13.0 Å². The molecule has 2 rings (SSSR count). The molecule has 0 radical (unpaired) electrons. The zero-order valence-corrected chi connectivity index (χ0v) is 9.75. The molecule has 1 aromatic heterocycles. The van der Waals surface area contributed by atoms with Crippen LogP contribution in [0.3, 0.4) is 0 Å². The van der Waals surface area contributed by atoms with Crippen molar-refractivity contribution in [1.82, 2.24) is 15.5 Å². The summed E-state index contributed by atoms with van der Waals surface area (Å²) in [5, 5.41) is 7.10. The van der Waals surface area contributed by atoms with E-state index in [-0.39, 0.29) is 5.82 Å². The maximum absolute atomic E-state index is 13.3. The minimum atomic E-state index is -0.264. The largest absolute Gasteiger partial charge is 0.340 e. The Morgan fingerprint density at radius 2 is 2.29 bits per heavy atom. The Morgan fingerprint density at radius 3 is 3.06 bits per heavy atom. The average Bonchev–Trinajstić information content (AvgIpc) is 2.82. The molecule has 0 atom stereocenters. The molecule has 0 unspecified atom stereocenters. The first-order valence-corrected chi connectivity index (χ1v) is 5.53. The van der Waals surface area contributed by atoms with Crippen LogP contribution in [0.15, 0.2) is 29.0 Å². The Balaban J connectivity index is 1.80. The van der Waals surface area contributed by atoms with Crippen LogP contribution in [0.4, 0.5) is 4.39 Å². The fourth-order valence-electron chi connectivity index (χ4n) is 1.40. The van der Waals surface area contributed by atoms with Crippen molar-refractivity contribution in [3.8, 4) is 0 Å². The van der Waals surface area contributed by atoms with E-state index in [1.807, 2.05) is 0 Å². The van der Waals surface area contributed by atoms with Crippen LogP contribution in [0.1, 0.15) is 11.5 Å². The number of halogens is 2. The van der Waals surface area contributed by atoms with Gasteiger partial charge >= 0.3 is 0 Å². The van der Waals surface area contributed by atoms with Crippen LogP contribution in [0.5, 0.6) is 0 Å². The van der Waals surface area contributed by atoms with Crippen LogP contribution in [0.2, 0.25) is 5.02 Å². The van der Waals surface area contributed by atoms with E-state index in [9.17, 15) is 4.39 Å². The fraction of sp³-hybridized carbons (Fsp3) is 0.273. The summed E-state index contributed by atoms with van der Waals surface area (Å²) in [5.74, 6) is 0.295. The number of aromatic nitrogens is 2. The van der Waals surface area contributed by atoms with Crippen molar-refractivity contribution in [3.63, 3.8) is 0 Å². The first-order valence-electron chi connectivity index (χ1n) is 5.16. The standard InChI is InChI=1S/C11H11ClFN3O/c12-9-1-2-10(13)8(5-9)6-14-4-3-11-15-7-16-17-11/h1-2,5,7,14H,3-4,6H2. The summed E-state index contributed by atoms with van der Waals surface area (Å²) >= 11 is 5.78. The lowest BCUT2D eigenvalue weighted by Gasteiger charge is -2.05. The molecular weight excluding hydrogens is 245 g/mol. The minimum absolute atomic E-state index is 0.264. The van der Waals surface area contributed by atoms with E-state index < -0.39 is 0 Å². The SMILES string of the molecule is Fc1ccc(Cl)cc1CNCCc1ncno1. The van der Waals surface area contributed by atoms with E-state index in [1.165, 1.54) is 18.5 Å². The van der Waals surface area contributed by atoms with Gasteiger partial charge in [-0.15, -0.1) is 0 Å². The molecule has 0 aliphatic rings. The topological polar surface area (TPSA) is 51.0 Å². The van der Waals surface area contributed by atoms with Gasteiger partial charge in [0.15, 0.2) is 6.33 Å². The van der Waals surface area contributed by atoms with E-state index in [2.05, 4.69) is 15.5 Å². The van der Waals surface area contributed by atoms with Crippen LogP contribution in [0.25, 0.3) is 0 Å². The summed E-state index contributed by atoms with van der Waals surface area (Å²) in [5.41, 5.74) is 0.544. The van der Waals surface area contributed by atoms with Crippen molar-refractivity contribution >= 4 is 11.6 Å². The molecule has 6 heteroatoms. The van der Waals surface area contributed by atoms with Crippen molar-refractivity contribution in [2.75, 3.05) is 6.54 Å². The van der Waals surface area contributed by atoms with Crippen molar-refractivity contribution in [2.24, 2.45) is 0 Å². The van der Waals surface area contributed by atoms with E-state index in [0.29, 0.717) is 36.0 Å². The number of hydrogen-bond donors (Lipinski definition) is 1. The number of rotatable bonds is 5. The Kier molecular flexibility index (Phi) is 4.06. The third kappa shape index (κ3) is 3.51. The quantitative estimate of drug-likeness (QED) is 0.832. The van der Waals surface area contributed by atoms with Crippen LogP contribution in [-0.2, 0) is 13.0 Å². The van der Waals surface area contributed by atoms with E-state index in [1.54, 1.807) is 6.07 Å². The summed E-state index contributed by atoms with van der Waals surface area (Å²) < 4.78 is 18.2. The molecule has 0 saturated carbocycles. The molecule has 0 aliphatic carbocycles. The van der Waals surface area contributed by atoms with Gasteiger partial charge in [0.25, 0.3) is 0 Å². The molecule has 90 valence electrons. The Morgan fingerprint density at radius 1 is 1.41 bits per heavy atom. The van der Waals surface area contributed by atoms with Gasteiger partial charge in [0.1, 0.15) is 5.82 Å². The maximum atomic E-state index is 13.3. The lowest BCUT2D eigenvalue weighted by atomic mass is 10.2. The Bertz CT molecular complexity index is 476. The first kappa shape index (κ1) is 12.0. The third-order valence-corrected chi connectivity index (χ3v) is 2.48. The highest BCUT2D eigenvalue weighted by molar-refractivity contribution is 6.30.